The first-order chi connectivity index (χ1) is 11.6. The Bertz CT molecular complexity index is 689. The second-order valence-electron chi connectivity index (χ2n) is 7.24. The zero-order chi connectivity index (χ0) is 17.1. The predicted molar refractivity (Wildman–Crippen MR) is 107 cm³/mol. The highest BCUT2D eigenvalue weighted by Gasteiger charge is 2.18. The number of nitrogens with one attached hydrogen (secondary N) is 1. The van der Waals surface area contributed by atoms with Gasteiger partial charge in [0, 0.05) is 24.3 Å². The number of rotatable bonds is 5. The van der Waals surface area contributed by atoms with Crippen molar-refractivity contribution in [3.63, 3.8) is 0 Å². The summed E-state index contributed by atoms with van der Waals surface area (Å²) in [6.07, 6.45) is 2.59. The summed E-state index contributed by atoms with van der Waals surface area (Å²) in [6, 6.07) is 8.46. The molecule has 1 saturated heterocycles. The van der Waals surface area contributed by atoms with Gasteiger partial charge in [0.05, 0.1) is 11.4 Å². The maximum Gasteiger partial charge on any atom is 0.0678 e. The van der Waals surface area contributed by atoms with Crippen LogP contribution in [0.5, 0.6) is 0 Å². The van der Waals surface area contributed by atoms with Crippen LogP contribution in [0, 0.1) is 26.7 Å². The molecule has 0 radical (unpaired) electrons. The van der Waals surface area contributed by atoms with Crippen molar-refractivity contribution >= 4 is 12.4 Å². The summed E-state index contributed by atoms with van der Waals surface area (Å²) in [4.78, 5) is 2.47. The van der Waals surface area contributed by atoms with E-state index in [0.717, 1.165) is 18.2 Å². The van der Waals surface area contributed by atoms with E-state index in [4.69, 9.17) is 5.10 Å². The van der Waals surface area contributed by atoms with Crippen molar-refractivity contribution in [3.8, 4) is 5.69 Å². The summed E-state index contributed by atoms with van der Waals surface area (Å²) in [5.41, 5.74) is 6.23. The van der Waals surface area contributed by atoms with Crippen LogP contribution in [-0.2, 0) is 6.54 Å². The Hall–Kier alpha value is -1.36. The van der Waals surface area contributed by atoms with Crippen LogP contribution < -0.4 is 5.32 Å². The molecule has 1 aromatic carbocycles. The van der Waals surface area contributed by atoms with Crippen molar-refractivity contribution in [2.45, 2.75) is 40.2 Å². The quantitative estimate of drug-likeness (QED) is 0.881. The topological polar surface area (TPSA) is 33.1 Å². The fourth-order valence-electron chi connectivity index (χ4n) is 3.78. The molecule has 0 amide bonds. The molecule has 0 bridgehead atoms. The molecule has 0 saturated carbocycles. The van der Waals surface area contributed by atoms with Crippen LogP contribution in [0.2, 0.25) is 0 Å². The number of nitrogens with zero attached hydrogens (tertiary/aromatic N) is 3. The van der Waals surface area contributed by atoms with E-state index in [0.29, 0.717) is 0 Å². The van der Waals surface area contributed by atoms with E-state index in [2.05, 4.69) is 67.0 Å². The maximum absolute atomic E-state index is 4.82. The Morgan fingerprint density at radius 2 is 1.84 bits per heavy atom. The largest absolute Gasteiger partial charge is 0.317 e. The molecule has 2 heterocycles. The summed E-state index contributed by atoms with van der Waals surface area (Å²) < 4.78 is 2.11. The fraction of sp³-hybridized carbons (Fsp3) is 0.550. The lowest BCUT2D eigenvalue weighted by Gasteiger charge is -2.27. The minimum Gasteiger partial charge on any atom is -0.317 e. The van der Waals surface area contributed by atoms with Gasteiger partial charge in [0.15, 0.2) is 0 Å². The molecule has 138 valence electrons. The third-order valence-electron chi connectivity index (χ3n) is 5.24. The first-order valence-corrected chi connectivity index (χ1v) is 9.06. The minimum absolute atomic E-state index is 0. The lowest BCUT2D eigenvalue weighted by atomic mass is 9.97. The average Bonchev–Trinajstić information content (AvgIpc) is 2.84. The number of piperidine rings is 1. The molecule has 25 heavy (non-hydrogen) atoms. The van der Waals surface area contributed by atoms with E-state index < -0.39 is 0 Å². The van der Waals surface area contributed by atoms with E-state index in [1.807, 2.05) is 0 Å². The van der Waals surface area contributed by atoms with Gasteiger partial charge >= 0.3 is 0 Å². The molecule has 1 aromatic heterocycles. The molecule has 1 aliphatic heterocycles. The number of aryl methyl sites for hydroxylation is 2. The molecule has 3 rings (SSSR count). The molecular weight excluding hydrogens is 332 g/mol. The number of hydrogen-bond acceptors (Lipinski definition) is 3. The fourth-order valence-corrected chi connectivity index (χ4v) is 3.78. The first kappa shape index (κ1) is 20.0. The number of halogens is 1. The molecule has 0 unspecified atom stereocenters. The van der Waals surface area contributed by atoms with Gasteiger partial charge in [-0.05, 0) is 71.3 Å². The molecule has 4 nitrogen and oxygen atoms in total. The number of hydrogen-bond donors (Lipinski definition) is 1. The van der Waals surface area contributed by atoms with Crippen molar-refractivity contribution in [2.24, 2.45) is 5.92 Å². The predicted octanol–water partition coefficient (Wildman–Crippen LogP) is 3.65. The van der Waals surface area contributed by atoms with Gasteiger partial charge in [0.2, 0.25) is 0 Å². The summed E-state index contributed by atoms with van der Waals surface area (Å²) in [6.45, 7) is 11.0. The summed E-state index contributed by atoms with van der Waals surface area (Å²) in [5.74, 6) is 0.822. The molecule has 1 aliphatic rings. The number of benzene rings is 1. The van der Waals surface area contributed by atoms with Crippen LogP contribution in [-0.4, -0.2) is 41.4 Å². The SMILES string of the molecule is Cc1ccccc1-n1nc(C)c(CN(C)CC2CCNCC2)c1C.Cl. The van der Waals surface area contributed by atoms with E-state index in [-0.39, 0.29) is 12.4 Å². The smallest absolute Gasteiger partial charge is 0.0678 e. The highest BCUT2D eigenvalue weighted by atomic mass is 35.5. The zero-order valence-electron chi connectivity index (χ0n) is 15.9. The summed E-state index contributed by atoms with van der Waals surface area (Å²) >= 11 is 0. The van der Waals surface area contributed by atoms with Gasteiger partial charge in [-0.15, -0.1) is 12.4 Å². The van der Waals surface area contributed by atoms with Crippen LogP contribution in [0.25, 0.3) is 5.69 Å². The van der Waals surface area contributed by atoms with Gasteiger partial charge in [0.25, 0.3) is 0 Å². The molecule has 1 N–H and O–H groups in total. The molecule has 0 spiro atoms. The number of aromatic nitrogens is 2. The monoisotopic (exact) mass is 362 g/mol. The average molecular weight is 363 g/mol. The van der Waals surface area contributed by atoms with E-state index in [9.17, 15) is 0 Å². The van der Waals surface area contributed by atoms with Crippen LogP contribution in [0.15, 0.2) is 24.3 Å². The lowest BCUT2D eigenvalue weighted by molar-refractivity contribution is 0.234. The highest BCUT2D eigenvalue weighted by Crippen LogP contribution is 2.22. The van der Waals surface area contributed by atoms with E-state index >= 15 is 0 Å². The van der Waals surface area contributed by atoms with Crippen molar-refractivity contribution in [2.75, 3.05) is 26.7 Å². The van der Waals surface area contributed by atoms with E-state index in [1.54, 1.807) is 0 Å². The van der Waals surface area contributed by atoms with Crippen molar-refractivity contribution in [3.05, 3.63) is 46.8 Å². The summed E-state index contributed by atoms with van der Waals surface area (Å²) in [5, 5.41) is 8.27. The Balaban J connectivity index is 0.00000225. The Kier molecular flexibility index (Phi) is 7.05. The molecule has 1 fully saturated rings. The maximum atomic E-state index is 4.82. The normalized spacial score (nSPS) is 15.4. The van der Waals surface area contributed by atoms with Crippen LogP contribution >= 0.6 is 12.4 Å². The number of para-hydroxylation sites is 1. The van der Waals surface area contributed by atoms with Gasteiger partial charge in [-0.2, -0.15) is 5.10 Å². The Morgan fingerprint density at radius 1 is 1.16 bits per heavy atom. The second-order valence-corrected chi connectivity index (χ2v) is 7.24. The van der Waals surface area contributed by atoms with Crippen LogP contribution in [0.3, 0.4) is 0 Å². The van der Waals surface area contributed by atoms with Crippen molar-refractivity contribution in [1.29, 1.82) is 0 Å². The zero-order valence-corrected chi connectivity index (χ0v) is 16.7. The van der Waals surface area contributed by atoms with Crippen molar-refractivity contribution in [1.82, 2.24) is 20.0 Å². The lowest BCUT2D eigenvalue weighted by Crippen LogP contribution is -2.34. The van der Waals surface area contributed by atoms with Gasteiger partial charge in [-0.25, -0.2) is 4.68 Å². The Morgan fingerprint density at radius 3 is 2.52 bits per heavy atom. The minimum atomic E-state index is 0. The molecule has 2 aromatic rings. The molecule has 0 aliphatic carbocycles. The first-order valence-electron chi connectivity index (χ1n) is 9.06. The standard InChI is InChI=1S/C20H30N4.ClH/c1-15-7-5-6-8-20(15)24-17(3)19(16(2)22-24)14-23(4)13-18-9-11-21-12-10-18;/h5-8,18,21H,9-14H2,1-4H3;1H. The van der Waals surface area contributed by atoms with Gasteiger partial charge in [0.1, 0.15) is 0 Å². The Labute approximate surface area is 158 Å². The van der Waals surface area contributed by atoms with Gasteiger partial charge in [-0.1, -0.05) is 18.2 Å². The summed E-state index contributed by atoms with van der Waals surface area (Å²) in [7, 11) is 2.24. The molecular formula is C20H31ClN4. The van der Waals surface area contributed by atoms with Crippen molar-refractivity contribution < 1.29 is 0 Å². The molecule has 0 atom stereocenters. The third kappa shape index (κ3) is 4.63. The van der Waals surface area contributed by atoms with E-state index in [1.165, 1.54) is 55.0 Å². The second kappa shape index (κ2) is 8.84. The third-order valence-corrected chi connectivity index (χ3v) is 5.24. The highest BCUT2D eigenvalue weighted by molar-refractivity contribution is 5.85. The van der Waals surface area contributed by atoms with Gasteiger partial charge in [-0.3, -0.25) is 0 Å². The van der Waals surface area contributed by atoms with Gasteiger partial charge < -0.3 is 10.2 Å². The van der Waals surface area contributed by atoms with Crippen LogP contribution in [0.1, 0.15) is 35.4 Å². The van der Waals surface area contributed by atoms with Crippen LogP contribution in [0.4, 0.5) is 0 Å². The molecule has 5 heteroatoms.